The molecule has 0 spiro atoms. The number of nitro groups is 1. The molecule has 1 aromatic heterocycles. The van der Waals surface area contributed by atoms with Gasteiger partial charge in [0.05, 0.1) is 6.54 Å². The van der Waals surface area contributed by atoms with Crippen LogP contribution >= 0.6 is 0 Å². The van der Waals surface area contributed by atoms with E-state index in [2.05, 4.69) is 15.5 Å². The molecule has 1 fully saturated rings. The summed E-state index contributed by atoms with van der Waals surface area (Å²) < 4.78 is 4.99. The Kier molecular flexibility index (Phi) is 3.35. The molecule has 8 nitrogen and oxygen atoms in total. The molecule has 3 rings (SSSR count). The summed E-state index contributed by atoms with van der Waals surface area (Å²) in [7, 11) is 0. The van der Waals surface area contributed by atoms with Gasteiger partial charge in [-0.05, 0) is 12.1 Å². The molecular formula is C13H12N4O4. The lowest BCUT2D eigenvalue weighted by atomic mass is 10.2. The first-order chi connectivity index (χ1) is 10.1. The average molecular weight is 288 g/mol. The third kappa shape index (κ3) is 2.88. The molecule has 0 unspecified atom stereocenters. The normalized spacial score (nSPS) is 20.0. The summed E-state index contributed by atoms with van der Waals surface area (Å²) in [6, 6.07) is 8.13. The fourth-order valence-corrected chi connectivity index (χ4v) is 2.02. The first kappa shape index (κ1) is 13.2. The molecule has 2 aromatic rings. The molecule has 1 heterocycles. The lowest BCUT2D eigenvalue weighted by Crippen LogP contribution is -2.23. The van der Waals surface area contributed by atoms with Gasteiger partial charge in [0, 0.05) is 16.9 Å². The van der Waals surface area contributed by atoms with E-state index in [-0.39, 0.29) is 29.2 Å². The predicted molar refractivity (Wildman–Crippen MR) is 70.1 cm³/mol. The van der Waals surface area contributed by atoms with Crippen molar-refractivity contribution in [3.05, 3.63) is 57.7 Å². The summed E-state index contributed by atoms with van der Waals surface area (Å²) in [4.78, 5) is 26.1. The van der Waals surface area contributed by atoms with E-state index in [0.717, 1.165) is 0 Å². The summed E-state index contributed by atoms with van der Waals surface area (Å²) >= 11 is 0. The Bertz CT molecular complexity index is 670. The Morgan fingerprint density at radius 1 is 1.43 bits per heavy atom. The lowest BCUT2D eigenvalue weighted by molar-refractivity contribution is -0.496. The van der Waals surface area contributed by atoms with Crippen molar-refractivity contribution in [3.8, 4) is 0 Å². The number of hydrogen-bond donors (Lipinski definition) is 1. The summed E-state index contributed by atoms with van der Waals surface area (Å²) in [5.41, 5.74) is 0.539. The first-order valence-corrected chi connectivity index (χ1v) is 6.44. The Morgan fingerprint density at radius 3 is 2.86 bits per heavy atom. The van der Waals surface area contributed by atoms with E-state index in [1.807, 2.05) is 6.07 Å². The SMILES string of the molecule is O=C(NCc1noc([C@H]2C[C@@H]2[N+](=O)[O-])n1)c1ccccc1. The van der Waals surface area contributed by atoms with Gasteiger partial charge >= 0.3 is 0 Å². The summed E-state index contributed by atoms with van der Waals surface area (Å²) in [6.07, 6.45) is 0.422. The van der Waals surface area contributed by atoms with Crippen LogP contribution in [0.5, 0.6) is 0 Å². The lowest BCUT2D eigenvalue weighted by Gasteiger charge is -2.01. The number of rotatable bonds is 5. The Morgan fingerprint density at radius 2 is 2.19 bits per heavy atom. The topological polar surface area (TPSA) is 111 Å². The number of nitrogens with one attached hydrogen (secondary N) is 1. The van der Waals surface area contributed by atoms with E-state index >= 15 is 0 Å². The molecule has 2 atom stereocenters. The Hall–Kier alpha value is -2.77. The van der Waals surface area contributed by atoms with Crippen molar-refractivity contribution in [2.24, 2.45) is 0 Å². The second-order valence-electron chi connectivity index (χ2n) is 4.79. The van der Waals surface area contributed by atoms with E-state index in [0.29, 0.717) is 17.8 Å². The highest BCUT2D eigenvalue weighted by atomic mass is 16.6. The maximum absolute atomic E-state index is 11.8. The van der Waals surface area contributed by atoms with Gasteiger partial charge in [-0.1, -0.05) is 23.4 Å². The minimum Gasteiger partial charge on any atom is -0.345 e. The van der Waals surface area contributed by atoms with Gasteiger partial charge in [-0.25, -0.2) is 0 Å². The highest BCUT2D eigenvalue weighted by Crippen LogP contribution is 2.41. The zero-order valence-electron chi connectivity index (χ0n) is 10.9. The van der Waals surface area contributed by atoms with Crippen LogP contribution in [0.4, 0.5) is 0 Å². The van der Waals surface area contributed by atoms with Gasteiger partial charge in [0.15, 0.2) is 5.82 Å². The second kappa shape index (κ2) is 5.31. The molecular weight excluding hydrogens is 276 g/mol. The van der Waals surface area contributed by atoms with E-state index in [1.165, 1.54) is 0 Å². The molecule has 0 saturated heterocycles. The van der Waals surface area contributed by atoms with Crippen LogP contribution in [0.25, 0.3) is 0 Å². The molecule has 1 aromatic carbocycles. The van der Waals surface area contributed by atoms with Crippen LogP contribution in [-0.4, -0.2) is 27.0 Å². The molecule has 1 aliphatic rings. The zero-order valence-corrected chi connectivity index (χ0v) is 10.9. The van der Waals surface area contributed by atoms with Crippen LogP contribution in [0.3, 0.4) is 0 Å². The van der Waals surface area contributed by atoms with E-state index in [4.69, 9.17) is 4.52 Å². The fraction of sp³-hybridized carbons (Fsp3) is 0.308. The number of nitrogens with zero attached hydrogens (tertiary/aromatic N) is 3. The fourth-order valence-electron chi connectivity index (χ4n) is 2.02. The number of aromatic nitrogens is 2. The number of carbonyl (C=O) groups excluding carboxylic acids is 1. The van der Waals surface area contributed by atoms with Gasteiger partial charge in [-0.3, -0.25) is 14.9 Å². The molecule has 1 aliphatic carbocycles. The summed E-state index contributed by atoms with van der Waals surface area (Å²) in [6.45, 7) is 0.118. The third-order valence-corrected chi connectivity index (χ3v) is 3.27. The van der Waals surface area contributed by atoms with Gasteiger partial charge in [0.2, 0.25) is 11.9 Å². The minimum absolute atomic E-state index is 0.118. The molecule has 1 saturated carbocycles. The van der Waals surface area contributed by atoms with Crippen molar-refractivity contribution in [2.45, 2.75) is 24.9 Å². The molecule has 21 heavy (non-hydrogen) atoms. The van der Waals surface area contributed by atoms with Crippen molar-refractivity contribution in [3.63, 3.8) is 0 Å². The molecule has 8 heteroatoms. The monoisotopic (exact) mass is 288 g/mol. The van der Waals surface area contributed by atoms with E-state index in [9.17, 15) is 14.9 Å². The number of amides is 1. The maximum atomic E-state index is 11.8. The van der Waals surface area contributed by atoms with Gasteiger partial charge < -0.3 is 9.84 Å². The average Bonchev–Trinajstić information content (AvgIpc) is 3.18. The van der Waals surface area contributed by atoms with Crippen LogP contribution in [0.15, 0.2) is 34.9 Å². The maximum Gasteiger partial charge on any atom is 0.251 e. The van der Waals surface area contributed by atoms with Crippen molar-refractivity contribution >= 4 is 5.91 Å². The highest BCUT2D eigenvalue weighted by Gasteiger charge is 2.53. The van der Waals surface area contributed by atoms with Crippen LogP contribution in [0.1, 0.15) is 34.4 Å². The van der Waals surface area contributed by atoms with Crippen LogP contribution in [-0.2, 0) is 6.54 Å². The Labute approximate surface area is 119 Å². The molecule has 0 bridgehead atoms. The predicted octanol–water partition coefficient (Wildman–Crippen LogP) is 1.13. The molecule has 108 valence electrons. The standard InChI is InChI=1S/C13H12N4O4/c18-12(8-4-2-1-3-5-8)14-7-11-15-13(21-16-11)9-6-10(9)17(19)20/h1-5,9-10H,6-7H2,(H,14,18)/t9-,10-/m0/s1. The van der Waals surface area contributed by atoms with Crippen molar-refractivity contribution in [2.75, 3.05) is 0 Å². The van der Waals surface area contributed by atoms with Crippen molar-refractivity contribution < 1.29 is 14.2 Å². The molecule has 0 radical (unpaired) electrons. The number of carbonyl (C=O) groups is 1. The smallest absolute Gasteiger partial charge is 0.251 e. The van der Waals surface area contributed by atoms with E-state index in [1.54, 1.807) is 24.3 Å². The third-order valence-electron chi connectivity index (χ3n) is 3.27. The van der Waals surface area contributed by atoms with Crippen LogP contribution in [0.2, 0.25) is 0 Å². The summed E-state index contributed by atoms with van der Waals surface area (Å²) in [5.74, 6) is 0.0338. The Balaban J connectivity index is 1.56. The molecule has 0 aliphatic heterocycles. The van der Waals surface area contributed by atoms with Gasteiger partial charge in [-0.15, -0.1) is 0 Å². The quantitative estimate of drug-likeness (QED) is 0.652. The van der Waals surface area contributed by atoms with Gasteiger partial charge in [0.1, 0.15) is 5.92 Å². The van der Waals surface area contributed by atoms with Crippen molar-refractivity contribution in [1.82, 2.24) is 15.5 Å². The minimum atomic E-state index is -0.628. The molecule has 1 amide bonds. The number of hydrogen-bond acceptors (Lipinski definition) is 6. The summed E-state index contributed by atoms with van der Waals surface area (Å²) in [5, 5.41) is 17.0. The van der Waals surface area contributed by atoms with Crippen LogP contribution in [0, 0.1) is 10.1 Å². The zero-order chi connectivity index (χ0) is 14.8. The second-order valence-corrected chi connectivity index (χ2v) is 4.79. The van der Waals surface area contributed by atoms with Gasteiger partial charge in [0.25, 0.3) is 5.91 Å². The first-order valence-electron chi connectivity index (χ1n) is 6.44. The van der Waals surface area contributed by atoms with Crippen molar-refractivity contribution in [1.29, 1.82) is 0 Å². The largest absolute Gasteiger partial charge is 0.345 e. The number of benzene rings is 1. The highest BCUT2D eigenvalue weighted by molar-refractivity contribution is 5.93. The van der Waals surface area contributed by atoms with E-state index < -0.39 is 6.04 Å². The van der Waals surface area contributed by atoms with Crippen LogP contribution < -0.4 is 5.32 Å². The molecule has 1 N–H and O–H groups in total. The van der Waals surface area contributed by atoms with Gasteiger partial charge in [-0.2, -0.15) is 4.98 Å².